The summed E-state index contributed by atoms with van der Waals surface area (Å²) in [6.45, 7) is 3.73. The molecule has 1 amide bonds. The predicted octanol–water partition coefficient (Wildman–Crippen LogP) is 2.64. The van der Waals surface area contributed by atoms with Crippen LogP contribution in [-0.2, 0) is 4.79 Å². The first-order valence-corrected chi connectivity index (χ1v) is 5.77. The molecule has 0 atom stereocenters. The second-order valence-corrected chi connectivity index (χ2v) is 4.34. The van der Waals surface area contributed by atoms with Crippen molar-refractivity contribution < 1.29 is 9.59 Å². The fourth-order valence-electron chi connectivity index (χ4n) is 1.88. The summed E-state index contributed by atoms with van der Waals surface area (Å²) in [5.74, 6) is 0.00365. The smallest absolute Gasteiger partial charge is 0.211 e. The molecule has 0 unspecified atom stereocenters. The fraction of sp³-hybridized carbons (Fsp3) is 0.214. The van der Waals surface area contributed by atoms with Crippen LogP contribution in [0.2, 0.25) is 0 Å². The van der Waals surface area contributed by atoms with Gasteiger partial charge in [0.15, 0.2) is 5.78 Å². The summed E-state index contributed by atoms with van der Waals surface area (Å²) in [7, 11) is 0. The molecule has 0 aliphatic carbocycles. The summed E-state index contributed by atoms with van der Waals surface area (Å²) in [5, 5.41) is 3.36. The number of fused-ring (bicyclic) bond motifs is 1. The normalized spacial score (nSPS) is 10.6. The maximum absolute atomic E-state index is 12.1. The number of Topliss-reactive ketones (excluding diaryl/α,β-unsaturated/α-hetero) is 1. The summed E-state index contributed by atoms with van der Waals surface area (Å²) < 4.78 is 0. The van der Waals surface area contributed by atoms with Crippen molar-refractivity contribution in [2.24, 2.45) is 5.92 Å². The molecule has 18 heavy (non-hydrogen) atoms. The Labute approximate surface area is 105 Å². The molecule has 0 radical (unpaired) electrons. The van der Waals surface area contributed by atoms with Gasteiger partial charge in [-0.1, -0.05) is 26.0 Å². The lowest BCUT2D eigenvalue weighted by molar-refractivity contribution is -0.105. The van der Waals surface area contributed by atoms with Crippen molar-refractivity contribution in [1.29, 1.82) is 0 Å². The van der Waals surface area contributed by atoms with E-state index in [0.29, 0.717) is 23.2 Å². The Morgan fingerprint density at radius 1 is 1.33 bits per heavy atom. The number of ketones is 1. The van der Waals surface area contributed by atoms with Gasteiger partial charge in [-0.05, 0) is 12.1 Å². The van der Waals surface area contributed by atoms with E-state index in [1.807, 2.05) is 19.9 Å². The molecule has 0 aliphatic heterocycles. The third-order valence-corrected chi connectivity index (χ3v) is 2.78. The third-order valence-electron chi connectivity index (χ3n) is 2.78. The van der Waals surface area contributed by atoms with Gasteiger partial charge in [-0.25, -0.2) is 0 Å². The first-order chi connectivity index (χ1) is 8.65. The van der Waals surface area contributed by atoms with Gasteiger partial charge in [-0.15, -0.1) is 0 Å². The van der Waals surface area contributed by atoms with Crippen molar-refractivity contribution in [3.05, 3.63) is 36.0 Å². The van der Waals surface area contributed by atoms with Crippen molar-refractivity contribution in [3.63, 3.8) is 0 Å². The lowest BCUT2D eigenvalue weighted by Gasteiger charge is -2.09. The zero-order chi connectivity index (χ0) is 13.1. The van der Waals surface area contributed by atoms with Gasteiger partial charge in [-0.2, -0.15) is 0 Å². The van der Waals surface area contributed by atoms with Crippen LogP contribution in [0, 0.1) is 5.92 Å². The number of hydrogen-bond acceptors (Lipinski definition) is 3. The summed E-state index contributed by atoms with van der Waals surface area (Å²) in [6, 6.07) is 7.11. The van der Waals surface area contributed by atoms with Gasteiger partial charge in [0.1, 0.15) is 0 Å². The first-order valence-electron chi connectivity index (χ1n) is 5.77. The van der Waals surface area contributed by atoms with E-state index >= 15 is 0 Å². The van der Waals surface area contributed by atoms with Gasteiger partial charge < -0.3 is 5.32 Å². The molecule has 0 saturated heterocycles. The molecule has 0 saturated carbocycles. The summed E-state index contributed by atoms with van der Waals surface area (Å²) in [5.41, 5.74) is 1.89. The summed E-state index contributed by atoms with van der Waals surface area (Å²) >= 11 is 0. The SMILES string of the molecule is CC(C)C(=O)c1ccnc2c(NC=O)cccc12. The molecule has 0 bridgehead atoms. The number of nitrogens with one attached hydrogen (secondary N) is 1. The molecule has 0 aliphatic rings. The van der Waals surface area contributed by atoms with E-state index < -0.39 is 0 Å². The molecule has 4 heteroatoms. The van der Waals surface area contributed by atoms with Gasteiger partial charge in [0.05, 0.1) is 11.2 Å². The van der Waals surface area contributed by atoms with Crippen molar-refractivity contribution in [2.75, 3.05) is 5.32 Å². The van der Waals surface area contributed by atoms with Crippen LogP contribution in [0.3, 0.4) is 0 Å². The lowest BCUT2D eigenvalue weighted by Crippen LogP contribution is -2.08. The molecular weight excluding hydrogens is 228 g/mol. The number of rotatable bonds is 4. The fourth-order valence-corrected chi connectivity index (χ4v) is 1.88. The average Bonchev–Trinajstić information content (AvgIpc) is 2.38. The van der Waals surface area contributed by atoms with Crippen LogP contribution in [0.1, 0.15) is 24.2 Å². The van der Waals surface area contributed by atoms with Crippen molar-refractivity contribution >= 4 is 28.8 Å². The zero-order valence-electron chi connectivity index (χ0n) is 10.3. The predicted molar refractivity (Wildman–Crippen MR) is 70.6 cm³/mol. The van der Waals surface area contributed by atoms with Crippen LogP contribution in [0.15, 0.2) is 30.5 Å². The average molecular weight is 242 g/mol. The second kappa shape index (κ2) is 4.96. The first kappa shape index (κ1) is 12.2. The molecule has 1 N–H and O–H groups in total. The Morgan fingerprint density at radius 3 is 2.78 bits per heavy atom. The van der Waals surface area contributed by atoms with E-state index in [1.54, 1.807) is 24.4 Å². The molecule has 1 heterocycles. The molecule has 0 fully saturated rings. The molecule has 4 nitrogen and oxygen atoms in total. The van der Waals surface area contributed by atoms with Gasteiger partial charge in [0.2, 0.25) is 6.41 Å². The molecule has 1 aromatic heterocycles. The summed E-state index contributed by atoms with van der Waals surface area (Å²) in [6.07, 6.45) is 2.20. The molecule has 0 spiro atoms. The zero-order valence-corrected chi connectivity index (χ0v) is 10.3. The van der Waals surface area contributed by atoms with Gasteiger partial charge >= 0.3 is 0 Å². The maximum Gasteiger partial charge on any atom is 0.211 e. The number of carbonyl (C=O) groups is 2. The molecular formula is C14H14N2O2. The van der Waals surface area contributed by atoms with E-state index in [2.05, 4.69) is 10.3 Å². The monoisotopic (exact) mass is 242 g/mol. The Morgan fingerprint density at radius 2 is 2.11 bits per heavy atom. The van der Waals surface area contributed by atoms with Crippen LogP contribution in [0.25, 0.3) is 10.9 Å². The highest BCUT2D eigenvalue weighted by atomic mass is 16.1. The summed E-state index contributed by atoms with van der Waals surface area (Å²) in [4.78, 5) is 26.9. The van der Waals surface area contributed by atoms with Crippen LogP contribution >= 0.6 is 0 Å². The number of aromatic nitrogens is 1. The van der Waals surface area contributed by atoms with Crippen LogP contribution in [-0.4, -0.2) is 17.2 Å². The van der Waals surface area contributed by atoms with Crippen molar-refractivity contribution in [3.8, 4) is 0 Å². The van der Waals surface area contributed by atoms with Crippen LogP contribution in [0.4, 0.5) is 5.69 Å². The van der Waals surface area contributed by atoms with Gasteiger partial charge in [-0.3, -0.25) is 14.6 Å². The topological polar surface area (TPSA) is 59.1 Å². The van der Waals surface area contributed by atoms with Crippen molar-refractivity contribution in [2.45, 2.75) is 13.8 Å². The third kappa shape index (κ3) is 2.09. The number of para-hydroxylation sites is 1. The van der Waals surface area contributed by atoms with Crippen molar-refractivity contribution in [1.82, 2.24) is 4.98 Å². The quantitative estimate of drug-likeness (QED) is 0.662. The Balaban J connectivity index is 2.67. The number of carbonyl (C=O) groups excluding carboxylic acids is 2. The Hall–Kier alpha value is -2.23. The second-order valence-electron chi connectivity index (χ2n) is 4.34. The molecule has 2 aromatic rings. The number of hydrogen-bond donors (Lipinski definition) is 1. The Bertz CT molecular complexity index is 606. The number of pyridine rings is 1. The largest absolute Gasteiger partial charge is 0.327 e. The van der Waals surface area contributed by atoms with Gasteiger partial charge in [0.25, 0.3) is 0 Å². The number of amides is 1. The highest BCUT2D eigenvalue weighted by Gasteiger charge is 2.15. The highest BCUT2D eigenvalue weighted by Crippen LogP contribution is 2.25. The maximum atomic E-state index is 12.1. The highest BCUT2D eigenvalue weighted by molar-refractivity contribution is 6.10. The number of benzene rings is 1. The Kier molecular flexibility index (Phi) is 3.37. The van der Waals surface area contributed by atoms with E-state index in [-0.39, 0.29) is 11.7 Å². The van der Waals surface area contributed by atoms with E-state index in [9.17, 15) is 9.59 Å². The molecule has 2 rings (SSSR count). The van der Waals surface area contributed by atoms with E-state index in [1.165, 1.54) is 0 Å². The van der Waals surface area contributed by atoms with Gasteiger partial charge in [0, 0.05) is 23.1 Å². The standard InChI is InChI=1S/C14H14N2O2/c1-9(2)14(18)11-6-7-15-13-10(11)4-3-5-12(13)16-8-17/h3-9H,1-2H3,(H,16,17). The lowest BCUT2D eigenvalue weighted by atomic mass is 9.97. The van der Waals surface area contributed by atoms with Crippen LogP contribution in [0.5, 0.6) is 0 Å². The molecule has 92 valence electrons. The minimum absolute atomic E-state index is 0.0710. The minimum atomic E-state index is -0.0710. The number of anilines is 1. The number of nitrogens with zero attached hydrogens (tertiary/aromatic N) is 1. The molecule has 1 aromatic carbocycles. The van der Waals surface area contributed by atoms with E-state index in [4.69, 9.17) is 0 Å². The van der Waals surface area contributed by atoms with Crippen LogP contribution < -0.4 is 5.32 Å². The van der Waals surface area contributed by atoms with E-state index in [0.717, 1.165) is 5.39 Å². The minimum Gasteiger partial charge on any atom is -0.327 e.